The van der Waals surface area contributed by atoms with E-state index in [9.17, 15) is 0 Å². The lowest BCUT2D eigenvalue weighted by molar-refractivity contribution is 0.00593. The van der Waals surface area contributed by atoms with E-state index in [0.29, 0.717) is 0 Å². The zero-order valence-electron chi connectivity index (χ0n) is 8.35. The smallest absolute Gasteiger partial charge is 0.0908 e. The number of alkyl halides is 2. The summed E-state index contributed by atoms with van der Waals surface area (Å²) in [6, 6.07) is 0. The summed E-state index contributed by atoms with van der Waals surface area (Å²) in [5.41, 5.74) is 0. The number of halogens is 2. The Kier molecular flexibility index (Phi) is 17.0. The van der Waals surface area contributed by atoms with Crippen LogP contribution in [0.2, 0.25) is 0 Å². The van der Waals surface area contributed by atoms with Crippen molar-refractivity contribution in [2.24, 2.45) is 0 Å². The van der Waals surface area contributed by atoms with Gasteiger partial charge in [0.2, 0.25) is 0 Å². The van der Waals surface area contributed by atoms with Gasteiger partial charge in [-0.2, -0.15) is 0 Å². The molecule has 7 heteroatoms. The molecule has 2 atom stereocenters. The van der Waals surface area contributed by atoms with Crippen LogP contribution >= 0.6 is 23.2 Å². The van der Waals surface area contributed by atoms with E-state index in [1.54, 1.807) is 0 Å². The SMILES string of the molecule is OC(CCl)COCC(O)CCl.OCCO. The van der Waals surface area contributed by atoms with Crippen molar-refractivity contribution in [2.45, 2.75) is 12.2 Å². The van der Waals surface area contributed by atoms with Gasteiger partial charge in [0.15, 0.2) is 0 Å². The van der Waals surface area contributed by atoms with Crippen LogP contribution in [0.3, 0.4) is 0 Å². The second-order valence-electron chi connectivity index (χ2n) is 2.60. The molecule has 0 aliphatic heterocycles. The topological polar surface area (TPSA) is 90.2 Å². The molecular weight excluding hydrogens is 247 g/mol. The third-order valence-corrected chi connectivity index (χ3v) is 1.79. The van der Waals surface area contributed by atoms with Crippen LogP contribution in [0.25, 0.3) is 0 Å². The average molecular weight is 265 g/mol. The number of hydrogen-bond donors (Lipinski definition) is 4. The maximum absolute atomic E-state index is 8.87. The van der Waals surface area contributed by atoms with E-state index in [1.165, 1.54) is 0 Å². The van der Waals surface area contributed by atoms with E-state index in [4.69, 9.17) is 48.4 Å². The van der Waals surface area contributed by atoms with Gasteiger partial charge in [0, 0.05) is 0 Å². The Balaban J connectivity index is 0. The van der Waals surface area contributed by atoms with Crippen molar-refractivity contribution in [1.82, 2.24) is 0 Å². The van der Waals surface area contributed by atoms with E-state index in [-0.39, 0.29) is 38.2 Å². The first kappa shape index (κ1) is 17.8. The van der Waals surface area contributed by atoms with Gasteiger partial charge in [0.1, 0.15) is 0 Å². The molecule has 2 unspecified atom stereocenters. The molecule has 15 heavy (non-hydrogen) atoms. The minimum atomic E-state index is -0.667. The predicted molar refractivity (Wildman–Crippen MR) is 58.4 cm³/mol. The van der Waals surface area contributed by atoms with E-state index in [1.807, 2.05) is 0 Å². The average Bonchev–Trinajstić information content (AvgIpc) is 2.28. The molecule has 0 saturated heterocycles. The molecular formula is C8H18Cl2O5. The third-order valence-electron chi connectivity index (χ3n) is 1.08. The first-order valence-electron chi connectivity index (χ1n) is 4.39. The Morgan fingerprint density at radius 2 is 1.20 bits per heavy atom. The molecule has 0 saturated carbocycles. The summed E-state index contributed by atoms with van der Waals surface area (Å²) in [6.07, 6.45) is -1.33. The van der Waals surface area contributed by atoms with Crippen LogP contribution in [-0.2, 0) is 4.74 Å². The summed E-state index contributed by atoms with van der Waals surface area (Å²) in [4.78, 5) is 0. The zero-order valence-corrected chi connectivity index (χ0v) is 9.86. The van der Waals surface area contributed by atoms with Gasteiger partial charge in [-0.1, -0.05) is 0 Å². The number of aliphatic hydroxyl groups excluding tert-OH is 4. The number of aliphatic hydroxyl groups is 4. The monoisotopic (exact) mass is 264 g/mol. The largest absolute Gasteiger partial charge is 0.394 e. The highest BCUT2D eigenvalue weighted by Gasteiger charge is 2.05. The summed E-state index contributed by atoms with van der Waals surface area (Å²) >= 11 is 10.6. The number of ether oxygens (including phenoxy) is 1. The first-order chi connectivity index (χ1) is 7.12. The van der Waals surface area contributed by atoms with Crippen molar-refractivity contribution >= 4 is 23.2 Å². The lowest BCUT2D eigenvalue weighted by atomic mass is 10.4. The van der Waals surface area contributed by atoms with Gasteiger partial charge >= 0.3 is 0 Å². The maximum atomic E-state index is 8.87. The molecule has 0 amide bonds. The quantitative estimate of drug-likeness (QED) is 0.451. The Bertz CT molecular complexity index is 105. The van der Waals surface area contributed by atoms with E-state index >= 15 is 0 Å². The fourth-order valence-corrected chi connectivity index (χ4v) is 0.607. The Morgan fingerprint density at radius 3 is 1.40 bits per heavy atom. The van der Waals surface area contributed by atoms with Crippen LogP contribution in [0.1, 0.15) is 0 Å². The van der Waals surface area contributed by atoms with E-state index in [2.05, 4.69) is 0 Å². The van der Waals surface area contributed by atoms with Crippen molar-refractivity contribution in [3.8, 4) is 0 Å². The third kappa shape index (κ3) is 17.0. The highest BCUT2D eigenvalue weighted by atomic mass is 35.5. The van der Waals surface area contributed by atoms with Gasteiger partial charge in [-0.15, -0.1) is 23.2 Å². The fourth-order valence-electron chi connectivity index (χ4n) is 0.429. The number of hydrogen-bond acceptors (Lipinski definition) is 5. The fraction of sp³-hybridized carbons (Fsp3) is 1.00. The van der Waals surface area contributed by atoms with Gasteiger partial charge in [-0.25, -0.2) is 0 Å². The molecule has 94 valence electrons. The molecule has 0 aromatic carbocycles. The molecule has 5 nitrogen and oxygen atoms in total. The van der Waals surface area contributed by atoms with Crippen LogP contribution < -0.4 is 0 Å². The van der Waals surface area contributed by atoms with Crippen LogP contribution in [0.4, 0.5) is 0 Å². The molecule has 0 rings (SSSR count). The minimum absolute atomic E-state index is 0.125. The van der Waals surface area contributed by atoms with Gasteiger partial charge in [-0.05, 0) is 0 Å². The molecule has 4 N–H and O–H groups in total. The Hall–Kier alpha value is 0.380. The molecule has 0 spiro atoms. The second kappa shape index (κ2) is 14.4. The molecule has 0 radical (unpaired) electrons. The van der Waals surface area contributed by atoms with Crippen LogP contribution in [-0.4, -0.2) is 70.8 Å². The zero-order chi connectivity index (χ0) is 12.1. The summed E-state index contributed by atoms with van der Waals surface area (Å²) in [7, 11) is 0. The van der Waals surface area contributed by atoms with Crippen LogP contribution in [0, 0.1) is 0 Å². The van der Waals surface area contributed by atoms with Crippen LogP contribution in [0.5, 0.6) is 0 Å². The lowest BCUT2D eigenvalue weighted by Gasteiger charge is -2.10. The predicted octanol–water partition coefficient (Wildman–Crippen LogP) is -0.827. The summed E-state index contributed by atoms with van der Waals surface area (Å²) in [5, 5.41) is 33.0. The van der Waals surface area contributed by atoms with Crippen LogP contribution in [0.15, 0.2) is 0 Å². The molecule has 0 aromatic heterocycles. The summed E-state index contributed by atoms with van der Waals surface area (Å²) in [6.45, 7) is 0.0227. The van der Waals surface area contributed by atoms with Crippen molar-refractivity contribution in [3.05, 3.63) is 0 Å². The van der Waals surface area contributed by atoms with Gasteiger partial charge in [0.25, 0.3) is 0 Å². The second-order valence-corrected chi connectivity index (χ2v) is 3.22. The van der Waals surface area contributed by atoms with E-state index in [0.717, 1.165) is 0 Å². The van der Waals surface area contributed by atoms with Crippen molar-refractivity contribution in [2.75, 3.05) is 38.2 Å². The lowest BCUT2D eigenvalue weighted by Crippen LogP contribution is -2.23. The molecule has 0 aliphatic rings. The van der Waals surface area contributed by atoms with Crippen molar-refractivity contribution in [3.63, 3.8) is 0 Å². The molecule has 0 heterocycles. The van der Waals surface area contributed by atoms with Crippen molar-refractivity contribution in [1.29, 1.82) is 0 Å². The number of rotatable bonds is 7. The molecule has 0 aromatic rings. The standard InChI is InChI=1S/C6H12Cl2O3.C2H6O2/c7-1-5(9)3-11-4-6(10)2-8;3-1-2-4/h5-6,9-10H,1-4H2;3-4H,1-2H2. The van der Waals surface area contributed by atoms with Crippen molar-refractivity contribution < 1.29 is 25.2 Å². The van der Waals surface area contributed by atoms with E-state index < -0.39 is 12.2 Å². The minimum Gasteiger partial charge on any atom is -0.394 e. The van der Waals surface area contributed by atoms with Gasteiger partial charge in [-0.3, -0.25) is 0 Å². The maximum Gasteiger partial charge on any atom is 0.0908 e. The Labute approximate surface area is 99.2 Å². The first-order valence-corrected chi connectivity index (χ1v) is 5.46. The Morgan fingerprint density at radius 1 is 0.867 bits per heavy atom. The molecule has 0 fully saturated rings. The highest BCUT2D eigenvalue weighted by Crippen LogP contribution is 1.92. The van der Waals surface area contributed by atoms with Gasteiger partial charge in [0.05, 0.1) is 50.4 Å². The highest BCUT2D eigenvalue weighted by molar-refractivity contribution is 6.18. The normalized spacial score (nSPS) is 14.0. The van der Waals surface area contributed by atoms with Gasteiger partial charge < -0.3 is 25.2 Å². The summed E-state index contributed by atoms with van der Waals surface area (Å²) in [5.74, 6) is 0.272. The molecule has 0 aliphatic carbocycles. The summed E-state index contributed by atoms with van der Waals surface area (Å²) < 4.78 is 4.87. The molecule has 0 bridgehead atoms.